The molecule has 2 heterocycles. The summed E-state index contributed by atoms with van der Waals surface area (Å²) >= 11 is 1.57. The fourth-order valence-electron chi connectivity index (χ4n) is 2.87. The van der Waals surface area contributed by atoms with Gasteiger partial charge in [0.2, 0.25) is 5.13 Å². The van der Waals surface area contributed by atoms with E-state index in [1.54, 1.807) is 18.4 Å². The van der Waals surface area contributed by atoms with Crippen LogP contribution in [0.1, 0.15) is 11.9 Å². The van der Waals surface area contributed by atoms with Crippen LogP contribution in [0.25, 0.3) is 22.4 Å². The minimum Gasteiger partial charge on any atom is -0.497 e. The molecule has 0 spiro atoms. The van der Waals surface area contributed by atoms with Gasteiger partial charge in [-0.1, -0.05) is 23.5 Å². The molecule has 0 radical (unpaired) electrons. The van der Waals surface area contributed by atoms with Crippen molar-refractivity contribution in [1.29, 1.82) is 0 Å². The van der Waals surface area contributed by atoms with Gasteiger partial charge in [0.15, 0.2) is 0 Å². The van der Waals surface area contributed by atoms with E-state index in [0.717, 1.165) is 44.9 Å². The van der Waals surface area contributed by atoms with Gasteiger partial charge >= 0.3 is 0 Å². The largest absolute Gasteiger partial charge is 0.497 e. The van der Waals surface area contributed by atoms with Gasteiger partial charge in [-0.15, -0.1) is 10.2 Å². The zero-order valence-corrected chi connectivity index (χ0v) is 15.5. The molecule has 2 aromatic carbocycles. The van der Waals surface area contributed by atoms with E-state index in [-0.39, 0.29) is 0 Å². The normalized spacial score (nSPS) is 11.0. The van der Waals surface area contributed by atoms with Gasteiger partial charge in [-0.3, -0.25) is 0 Å². The van der Waals surface area contributed by atoms with Gasteiger partial charge in [-0.2, -0.15) is 0 Å². The molecule has 0 saturated carbocycles. The van der Waals surface area contributed by atoms with Crippen LogP contribution in [0, 0.1) is 0 Å². The molecule has 0 fully saturated rings. The van der Waals surface area contributed by atoms with E-state index >= 15 is 0 Å². The first-order valence-corrected chi connectivity index (χ1v) is 9.26. The Morgan fingerprint density at radius 3 is 2.65 bits per heavy atom. The second-order valence-electron chi connectivity index (χ2n) is 5.77. The van der Waals surface area contributed by atoms with Gasteiger partial charge in [0, 0.05) is 12.1 Å². The van der Waals surface area contributed by atoms with Crippen molar-refractivity contribution in [3.8, 4) is 17.1 Å². The molecule has 0 unspecified atom stereocenters. The van der Waals surface area contributed by atoms with Crippen LogP contribution in [0.3, 0.4) is 0 Å². The summed E-state index contributed by atoms with van der Waals surface area (Å²) in [5, 5.41) is 13.5. The highest BCUT2D eigenvalue weighted by Crippen LogP contribution is 2.28. The van der Waals surface area contributed by atoms with E-state index in [0.29, 0.717) is 6.54 Å². The first-order valence-electron chi connectivity index (χ1n) is 8.44. The van der Waals surface area contributed by atoms with Crippen LogP contribution in [-0.4, -0.2) is 33.4 Å². The van der Waals surface area contributed by atoms with E-state index in [4.69, 9.17) is 9.72 Å². The number of nitrogens with one attached hydrogen (secondary N) is 1. The zero-order chi connectivity index (χ0) is 17.9. The number of benzene rings is 2. The lowest BCUT2D eigenvalue weighted by molar-refractivity contribution is 0.415. The molecule has 0 saturated heterocycles. The Balaban J connectivity index is 1.77. The first-order chi connectivity index (χ1) is 12.8. The number of ether oxygens (including phenoxy) is 1. The molecule has 1 N–H and O–H groups in total. The van der Waals surface area contributed by atoms with E-state index in [2.05, 4.69) is 26.1 Å². The Labute approximate surface area is 155 Å². The smallest absolute Gasteiger partial charge is 0.205 e. The second-order valence-corrected chi connectivity index (χ2v) is 6.83. The SMILES string of the molecule is CCNc1nnc(Cn2c(-c3ccc(OC)cc3)nc3ccccc32)s1. The number of aromatic nitrogens is 4. The predicted molar refractivity (Wildman–Crippen MR) is 105 cm³/mol. The first kappa shape index (κ1) is 16.5. The van der Waals surface area contributed by atoms with Crippen molar-refractivity contribution >= 4 is 27.5 Å². The van der Waals surface area contributed by atoms with Crippen LogP contribution in [0.15, 0.2) is 48.5 Å². The summed E-state index contributed by atoms with van der Waals surface area (Å²) in [5.41, 5.74) is 3.09. The molecule has 6 nitrogen and oxygen atoms in total. The van der Waals surface area contributed by atoms with Crippen molar-refractivity contribution in [2.24, 2.45) is 0 Å². The van der Waals surface area contributed by atoms with Crippen molar-refractivity contribution in [3.63, 3.8) is 0 Å². The summed E-state index contributed by atoms with van der Waals surface area (Å²) in [4.78, 5) is 4.84. The van der Waals surface area contributed by atoms with Gasteiger partial charge in [-0.05, 0) is 43.3 Å². The van der Waals surface area contributed by atoms with Crippen molar-refractivity contribution in [3.05, 3.63) is 53.5 Å². The third-order valence-corrected chi connectivity index (χ3v) is 4.96. The van der Waals surface area contributed by atoms with E-state index < -0.39 is 0 Å². The van der Waals surface area contributed by atoms with Crippen molar-refractivity contribution < 1.29 is 4.74 Å². The van der Waals surface area contributed by atoms with Gasteiger partial charge < -0.3 is 14.6 Å². The number of nitrogens with zero attached hydrogens (tertiary/aromatic N) is 4. The molecule has 0 atom stereocenters. The minimum atomic E-state index is 0.630. The summed E-state index contributed by atoms with van der Waals surface area (Å²) in [6.07, 6.45) is 0. The lowest BCUT2D eigenvalue weighted by Gasteiger charge is -2.08. The molecule has 4 aromatic rings. The van der Waals surface area contributed by atoms with E-state index in [1.807, 2.05) is 49.4 Å². The number of hydrogen-bond donors (Lipinski definition) is 1. The highest BCUT2D eigenvalue weighted by atomic mass is 32.1. The number of anilines is 1. The molecule has 2 aromatic heterocycles. The van der Waals surface area contributed by atoms with Gasteiger partial charge in [0.1, 0.15) is 16.6 Å². The monoisotopic (exact) mass is 365 g/mol. The van der Waals surface area contributed by atoms with Gasteiger partial charge in [0.05, 0.1) is 24.7 Å². The summed E-state index contributed by atoms with van der Waals surface area (Å²) in [6.45, 7) is 3.51. The van der Waals surface area contributed by atoms with Gasteiger partial charge in [0.25, 0.3) is 0 Å². The van der Waals surface area contributed by atoms with Crippen LogP contribution >= 0.6 is 11.3 Å². The number of hydrogen-bond acceptors (Lipinski definition) is 6. The molecule has 0 aliphatic carbocycles. The molecule has 4 rings (SSSR count). The number of para-hydroxylation sites is 2. The standard InChI is InChI=1S/C19H19N5OS/c1-3-20-19-23-22-17(26-19)12-24-16-7-5-4-6-15(16)21-18(24)13-8-10-14(25-2)11-9-13/h4-11H,3,12H2,1-2H3,(H,20,23). The molecule has 0 amide bonds. The maximum atomic E-state index is 5.26. The number of rotatable bonds is 6. The molecule has 0 aliphatic heterocycles. The Morgan fingerprint density at radius 1 is 1.08 bits per heavy atom. The fourth-order valence-corrected chi connectivity index (χ4v) is 3.67. The molecule has 26 heavy (non-hydrogen) atoms. The van der Waals surface area contributed by atoms with Crippen molar-refractivity contribution in [1.82, 2.24) is 19.7 Å². The summed E-state index contributed by atoms with van der Waals surface area (Å²) in [5.74, 6) is 1.74. The number of imidazole rings is 1. The van der Waals surface area contributed by atoms with Crippen LogP contribution in [0.5, 0.6) is 5.75 Å². The molecular formula is C19H19N5OS. The number of fused-ring (bicyclic) bond motifs is 1. The van der Waals surface area contributed by atoms with Crippen LogP contribution in [-0.2, 0) is 6.54 Å². The topological polar surface area (TPSA) is 64.9 Å². The molecule has 0 bridgehead atoms. The second kappa shape index (κ2) is 7.13. The van der Waals surface area contributed by atoms with Crippen molar-refractivity contribution in [2.75, 3.05) is 19.0 Å². The summed E-state index contributed by atoms with van der Waals surface area (Å²) in [7, 11) is 1.67. The maximum Gasteiger partial charge on any atom is 0.205 e. The zero-order valence-electron chi connectivity index (χ0n) is 14.6. The lowest BCUT2D eigenvalue weighted by Crippen LogP contribution is -2.02. The molecular weight excluding hydrogens is 346 g/mol. The van der Waals surface area contributed by atoms with Gasteiger partial charge in [-0.25, -0.2) is 4.98 Å². The molecule has 7 heteroatoms. The highest BCUT2D eigenvalue weighted by molar-refractivity contribution is 7.15. The van der Waals surface area contributed by atoms with E-state index in [9.17, 15) is 0 Å². The average molecular weight is 365 g/mol. The quantitative estimate of drug-likeness (QED) is 0.558. The number of methoxy groups -OCH3 is 1. The van der Waals surface area contributed by atoms with Crippen LogP contribution in [0.2, 0.25) is 0 Å². The summed E-state index contributed by atoms with van der Waals surface area (Å²) < 4.78 is 7.45. The Morgan fingerprint density at radius 2 is 1.88 bits per heavy atom. The lowest BCUT2D eigenvalue weighted by atomic mass is 10.2. The Hall–Kier alpha value is -2.93. The Kier molecular flexibility index (Phi) is 4.53. The third-order valence-electron chi connectivity index (χ3n) is 4.09. The average Bonchev–Trinajstić information content (AvgIpc) is 3.27. The summed E-state index contributed by atoms with van der Waals surface area (Å²) in [6, 6.07) is 16.1. The predicted octanol–water partition coefficient (Wildman–Crippen LogP) is 4.04. The van der Waals surface area contributed by atoms with E-state index in [1.165, 1.54) is 0 Å². The Bertz CT molecular complexity index is 1020. The fraction of sp³-hybridized carbons (Fsp3) is 0.211. The van der Waals surface area contributed by atoms with Crippen LogP contribution < -0.4 is 10.1 Å². The maximum absolute atomic E-state index is 5.26. The molecule has 0 aliphatic rings. The molecule has 132 valence electrons. The van der Waals surface area contributed by atoms with Crippen LogP contribution in [0.4, 0.5) is 5.13 Å². The minimum absolute atomic E-state index is 0.630. The highest BCUT2D eigenvalue weighted by Gasteiger charge is 2.15. The van der Waals surface area contributed by atoms with Crippen molar-refractivity contribution in [2.45, 2.75) is 13.5 Å². The third kappa shape index (κ3) is 3.13.